The summed E-state index contributed by atoms with van der Waals surface area (Å²) in [7, 11) is -2.17. The summed E-state index contributed by atoms with van der Waals surface area (Å²) in [5.74, 6) is -1.17. The summed E-state index contributed by atoms with van der Waals surface area (Å²) in [5, 5.41) is 18.7. The highest BCUT2D eigenvalue weighted by Gasteiger charge is 2.47. The summed E-state index contributed by atoms with van der Waals surface area (Å²) in [6, 6.07) is -1.59. The molecule has 0 aromatic rings. The van der Waals surface area contributed by atoms with Gasteiger partial charge in [0.05, 0.1) is 18.8 Å². The van der Waals surface area contributed by atoms with Crippen LogP contribution in [0.4, 0.5) is 4.79 Å². The molecular formula is C16H30N2O6Si. The number of hydrogen-bond acceptors (Lipinski definition) is 5. The maximum Gasteiger partial charge on any atom is 0.408 e. The van der Waals surface area contributed by atoms with Crippen LogP contribution in [0.3, 0.4) is 0 Å². The van der Waals surface area contributed by atoms with Gasteiger partial charge in [-0.3, -0.25) is 9.74 Å². The Bertz CT molecular complexity index is 505. The molecule has 1 fully saturated rings. The predicted molar refractivity (Wildman–Crippen MR) is 95.9 cm³/mol. The molecular weight excluding hydrogens is 344 g/mol. The fourth-order valence-corrected chi connectivity index (χ4v) is 3.80. The number of aliphatic carboxylic acids is 1. The molecule has 1 heterocycles. The third-order valence-electron chi connectivity index (χ3n) is 4.89. The first kappa shape index (κ1) is 21.6. The highest BCUT2D eigenvalue weighted by atomic mass is 28.4. The van der Waals surface area contributed by atoms with Crippen LogP contribution < -0.4 is 5.48 Å². The van der Waals surface area contributed by atoms with Gasteiger partial charge < -0.3 is 14.6 Å². The van der Waals surface area contributed by atoms with Crippen LogP contribution in [0.25, 0.3) is 0 Å². The van der Waals surface area contributed by atoms with Crippen LogP contribution in [0.5, 0.6) is 0 Å². The zero-order valence-corrected chi connectivity index (χ0v) is 16.6. The number of likely N-dealkylation sites (tertiary alicyclic amines) is 1. The number of rotatable bonds is 7. The van der Waals surface area contributed by atoms with E-state index in [-0.39, 0.29) is 24.6 Å². The molecule has 0 radical (unpaired) electrons. The molecule has 9 heteroatoms. The second-order valence-electron chi connectivity index (χ2n) is 7.77. The van der Waals surface area contributed by atoms with Gasteiger partial charge in [0.1, 0.15) is 6.04 Å². The fraction of sp³-hybridized carbons (Fsp3) is 0.750. The van der Waals surface area contributed by atoms with Crippen LogP contribution in [0, 0.1) is 0 Å². The number of amides is 1. The van der Waals surface area contributed by atoms with Gasteiger partial charge in [-0.05, 0) is 18.1 Å². The van der Waals surface area contributed by atoms with Crippen LogP contribution in [0.2, 0.25) is 18.1 Å². The van der Waals surface area contributed by atoms with Gasteiger partial charge in [0, 0.05) is 13.0 Å². The number of hydroxylamine groups is 1. The molecule has 1 aliphatic rings. The Labute approximate surface area is 149 Å². The van der Waals surface area contributed by atoms with E-state index in [9.17, 15) is 19.8 Å². The van der Waals surface area contributed by atoms with Crippen molar-refractivity contribution < 1.29 is 29.1 Å². The fourth-order valence-electron chi connectivity index (χ4n) is 2.43. The zero-order chi connectivity index (χ0) is 19.4. The number of carboxylic acids is 1. The van der Waals surface area contributed by atoms with E-state index in [1.807, 2.05) is 0 Å². The molecule has 0 aromatic carbocycles. The first-order chi connectivity index (χ1) is 11.4. The molecule has 144 valence electrons. The summed E-state index contributed by atoms with van der Waals surface area (Å²) >= 11 is 0. The Morgan fingerprint density at radius 2 is 1.96 bits per heavy atom. The maximum absolute atomic E-state index is 11.5. The topological polar surface area (TPSA) is 108 Å². The third kappa shape index (κ3) is 5.53. The number of carboxylic acid groups (broad SMARTS) is 2. The molecule has 0 aliphatic carbocycles. The number of nitrogens with one attached hydrogen (secondary N) is 1. The standard InChI is InChI=1S/C16H30N2O6Si/c1-7-8-23-17-11-10-18(15(21)22)12(14(19)20)9-13(11)24-25(5,6)16(2,3)4/h7,11-13,17H,1,8-10H2,2-6H3,(H,19,20)(H,21,22)/t11-,12-,13-/m0/s1. The highest BCUT2D eigenvalue weighted by molar-refractivity contribution is 6.74. The molecule has 8 nitrogen and oxygen atoms in total. The lowest BCUT2D eigenvalue weighted by molar-refractivity contribution is -0.147. The molecule has 1 rings (SSSR count). The molecule has 0 unspecified atom stereocenters. The van der Waals surface area contributed by atoms with Crippen molar-refractivity contribution in [2.75, 3.05) is 13.2 Å². The number of carbonyl (C=O) groups is 2. The normalized spacial score (nSPS) is 24.8. The summed E-state index contributed by atoms with van der Waals surface area (Å²) in [4.78, 5) is 29.2. The van der Waals surface area contributed by atoms with Gasteiger partial charge in [-0.15, -0.1) is 6.58 Å². The Hall–Kier alpha value is -1.42. The number of nitrogens with zero attached hydrogens (tertiary/aromatic N) is 1. The van der Waals surface area contributed by atoms with Crippen molar-refractivity contribution in [3.8, 4) is 0 Å². The Kier molecular flexibility index (Phi) is 7.18. The molecule has 1 aliphatic heterocycles. The predicted octanol–water partition coefficient (Wildman–Crippen LogP) is 2.29. The molecule has 3 N–H and O–H groups in total. The summed E-state index contributed by atoms with van der Waals surface area (Å²) in [6.45, 7) is 14.2. The Morgan fingerprint density at radius 1 is 1.36 bits per heavy atom. The van der Waals surface area contributed by atoms with Crippen molar-refractivity contribution in [1.82, 2.24) is 10.4 Å². The van der Waals surface area contributed by atoms with Gasteiger partial charge in [-0.2, -0.15) is 5.48 Å². The number of hydrogen-bond donors (Lipinski definition) is 3. The van der Waals surface area contributed by atoms with E-state index < -0.39 is 38.6 Å². The van der Waals surface area contributed by atoms with Crippen molar-refractivity contribution in [1.29, 1.82) is 0 Å². The van der Waals surface area contributed by atoms with E-state index in [1.165, 1.54) is 0 Å². The van der Waals surface area contributed by atoms with Gasteiger partial charge in [-0.25, -0.2) is 9.59 Å². The van der Waals surface area contributed by atoms with Gasteiger partial charge in [0.2, 0.25) is 0 Å². The lowest BCUT2D eigenvalue weighted by atomic mass is 9.96. The van der Waals surface area contributed by atoms with Crippen LogP contribution in [0.1, 0.15) is 27.2 Å². The minimum absolute atomic E-state index is 0.0251. The van der Waals surface area contributed by atoms with Crippen LogP contribution in [-0.4, -0.2) is 66.8 Å². The van der Waals surface area contributed by atoms with E-state index in [1.54, 1.807) is 6.08 Å². The average Bonchev–Trinajstić information content (AvgIpc) is 2.46. The molecule has 0 saturated carbocycles. The van der Waals surface area contributed by atoms with Crippen molar-refractivity contribution in [2.24, 2.45) is 0 Å². The van der Waals surface area contributed by atoms with Crippen molar-refractivity contribution >= 4 is 20.4 Å². The molecule has 0 spiro atoms. The van der Waals surface area contributed by atoms with Crippen LogP contribution >= 0.6 is 0 Å². The summed E-state index contributed by atoms with van der Waals surface area (Å²) < 4.78 is 6.38. The van der Waals surface area contributed by atoms with E-state index in [0.717, 1.165) is 4.90 Å². The first-order valence-corrected chi connectivity index (χ1v) is 11.2. The minimum Gasteiger partial charge on any atom is -0.480 e. The van der Waals surface area contributed by atoms with Crippen molar-refractivity contribution in [3.05, 3.63) is 12.7 Å². The van der Waals surface area contributed by atoms with Gasteiger partial charge >= 0.3 is 12.1 Å². The number of piperidine rings is 1. The monoisotopic (exact) mass is 374 g/mol. The molecule has 0 bridgehead atoms. The minimum atomic E-state index is -2.17. The molecule has 25 heavy (non-hydrogen) atoms. The van der Waals surface area contributed by atoms with Gasteiger partial charge in [0.25, 0.3) is 0 Å². The molecule has 1 amide bonds. The SMILES string of the molecule is C=CCON[C@H]1CN(C(=O)O)[C@H](C(=O)O)C[C@@H]1O[Si](C)(C)C(C)(C)C. The van der Waals surface area contributed by atoms with Crippen molar-refractivity contribution in [2.45, 2.75) is 63.5 Å². The lowest BCUT2D eigenvalue weighted by Gasteiger charge is -2.46. The molecule has 0 aromatic heterocycles. The summed E-state index contributed by atoms with van der Waals surface area (Å²) in [6.07, 6.45) is -0.0891. The Balaban J connectivity index is 3.04. The maximum atomic E-state index is 11.5. The third-order valence-corrected chi connectivity index (χ3v) is 9.40. The Morgan fingerprint density at radius 3 is 2.40 bits per heavy atom. The first-order valence-electron chi connectivity index (χ1n) is 8.29. The lowest BCUT2D eigenvalue weighted by Crippen LogP contribution is -2.63. The van der Waals surface area contributed by atoms with Crippen LogP contribution in [0.15, 0.2) is 12.7 Å². The molecule has 3 atom stereocenters. The van der Waals surface area contributed by atoms with Crippen molar-refractivity contribution in [3.63, 3.8) is 0 Å². The second kappa shape index (κ2) is 8.30. The van der Waals surface area contributed by atoms with Crippen LogP contribution in [-0.2, 0) is 14.1 Å². The van der Waals surface area contributed by atoms with E-state index in [0.29, 0.717) is 0 Å². The zero-order valence-electron chi connectivity index (χ0n) is 15.6. The van der Waals surface area contributed by atoms with Gasteiger partial charge in [0.15, 0.2) is 8.32 Å². The molecule has 1 saturated heterocycles. The quantitative estimate of drug-likeness (QED) is 0.271. The largest absolute Gasteiger partial charge is 0.480 e. The van der Waals surface area contributed by atoms with E-state index >= 15 is 0 Å². The second-order valence-corrected chi connectivity index (χ2v) is 12.5. The summed E-state index contributed by atoms with van der Waals surface area (Å²) in [5.41, 5.74) is 2.82. The highest BCUT2D eigenvalue weighted by Crippen LogP contribution is 2.39. The average molecular weight is 375 g/mol. The van der Waals surface area contributed by atoms with Gasteiger partial charge in [-0.1, -0.05) is 26.8 Å². The smallest absolute Gasteiger partial charge is 0.408 e. The van der Waals surface area contributed by atoms with E-state index in [4.69, 9.17) is 9.26 Å². The van der Waals surface area contributed by atoms with E-state index in [2.05, 4.69) is 45.9 Å².